The maximum Gasteiger partial charge on any atom is 0.191 e. The van der Waals surface area contributed by atoms with Gasteiger partial charge in [0.2, 0.25) is 0 Å². The first-order chi connectivity index (χ1) is 10.3. The molecule has 22 heavy (non-hydrogen) atoms. The molecule has 7 heteroatoms. The monoisotopic (exact) mass is 327 g/mol. The summed E-state index contributed by atoms with van der Waals surface area (Å²) in [4.78, 5) is 4.05. The molecule has 1 aromatic rings. The lowest BCUT2D eigenvalue weighted by molar-refractivity contribution is 0.222. The summed E-state index contributed by atoms with van der Waals surface area (Å²) in [6, 6.07) is 7.85. The van der Waals surface area contributed by atoms with E-state index < -0.39 is 9.84 Å². The van der Waals surface area contributed by atoms with Crippen molar-refractivity contribution in [2.75, 3.05) is 32.1 Å². The number of guanidine groups is 1. The normalized spacial score (nSPS) is 13.5. The highest BCUT2D eigenvalue weighted by molar-refractivity contribution is 7.90. The topological polar surface area (TPSA) is 79.8 Å². The van der Waals surface area contributed by atoms with Crippen molar-refractivity contribution in [3.63, 3.8) is 0 Å². The van der Waals surface area contributed by atoms with E-state index in [2.05, 4.69) is 15.6 Å². The van der Waals surface area contributed by atoms with Crippen molar-refractivity contribution >= 4 is 15.8 Å². The third-order valence-electron chi connectivity index (χ3n) is 2.97. The second-order valence-electron chi connectivity index (χ2n) is 5.20. The molecule has 0 amide bonds. The number of sulfone groups is 1. The number of nitrogens with zero attached hydrogens (tertiary/aromatic N) is 1. The molecular formula is C15H25N3O3S. The number of aryl methyl sites for hydroxylation is 1. The Labute approximate surface area is 132 Å². The lowest BCUT2D eigenvalue weighted by Crippen LogP contribution is -2.43. The summed E-state index contributed by atoms with van der Waals surface area (Å²) >= 11 is 0. The van der Waals surface area contributed by atoms with Gasteiger partial charge in [-0.25, -0.2) is 8.42 Å². The van der Waals surface area contributed by atoms with Crippen LogP contribution in [0.4, 0.5) is 0 Å². The van der Waals surface area contributed by atoms with E-state index in [0.717, 1.165) is 11.3 Å². The zero-order valence-corrected chi connectivity index (χ0v) is 14.4. The lowest BCUT2D eigenvalue weighted by atomic mass is 10.2. The highest BCUT2D eigenvalue weighted by Crippen LogP contribution is 2.17. The number of nitrogens with one attached hydrogen (secondary N) is 2. The molecule has 124 valence electrons. The van der Waals surface area contributed by atoms with Crippen LogP contribution in [0.15, 0.2) is 29.3 Å². The van der Waals surface area contributed by atoms with Gasteiger partial charge in [-0.15, -0.1) is 0 Å². The van der Waals surface area contributed by atoms with Crippen LogP contribution in [0, 0.1) is 6.92 Å². The number of rotatable bonds is 7. The third-order valence-corrected chi connectivity index (χ3v) is 3.91. The van der Waals surface area contributed by atoms with E-state index in [1.54, 1.807) is 7.05 Å². The number of ether oxygens (including phenoxy) is 1. The van der Waals surface area contributed by atoms with Gasteiger partial charge in [-0.3, -0.25) is 4.99 Å². The molecular weight excluding hydrogens is 302 g/mol. The van der Waals surface area contributed by atoms with Crippen molar-refractivity contribution in [2.24, 2.45) is 4.99 Å². The van der Waals surface area contributed by atoms with Gasteiger partial charge in [0.25, 0.3) is 0 Å². The average molecular weight is 327 g/mol. The quantitative estimate of drug-likeness (QED) is 0.576. The molecule has 2 N–H and O–H groups in total. The highest BCUT2D eigenvalue weighted by Gasteiger charge is 2.08. The Balaban J connectivity index is 2.38. The van der Waals surface area contributed by atoms with Gasteiger partial charge in [-0.2, -0.15) is 0 Å². The molecule has 1 atom stereocenters. The Hall–Kier alpha value is -1.76. The smallest absolute Gasteiger partial charge is 0.191 e. The minimum absolute atomic E-state index is 0.0467. The predicted molar refractivity (Wildman–Crippen MR) is 90.3 cm³/mol. The van der Waals surface area contributed by atoms with Gasteiger partial charge in [0.1, 0.15) is 21.7 Å². The maximum atomic E-state index is 11.1. The zero-order chi connectivity index (χ0) is 16.6. The fraction of sp³-hybridized carbons (Fsp3) is 0.533. The molecule has 0 heterocycles. The SMILES string of the molecule is CN=C(NCCS(C)(=O)=O)NCC(C)Oc1ccccc1C. The molecule has 0 spiro atoms. The fourth-order valence-electron chi connectivity index (χ4n) is 1.76. The Bertz CT molecular complexity index is 600. The molecule has 0 aliphatic carbocycles. The van der Waals surface area contributed by atoms with Gasteiger partial charge in [-0.1, -0.05) is 18.2 Å². The second-order valence-corrected chi connectivity index (χ2v) is 7.46. The van der Waals surface area contributed by atoms with Gasteiger partial charge >= 0.3 is 0 Å². The molecule has 0 bridgehead atoms. The van der Waals surface area contributed by atoms with E-state index in [1.807, 2.05) is 38.1 Å². The average Bonchev–Trinajstić information content (AvgIpc) is 2.44. The molecule has 0 aromatic heterocycles. The van der Waals surface area contributed by atoms with E-state index in [1.165, 1.54) is 6.26 Å². The molecule has 0 aliphatic rings. The molecule has 1 rings (SSSR count). The van der Waals surface area contributed by atoms with E-state index in [-0.39, 0.29) is 11.9 Å². The summed E-state index contributed by atoms with van der Waals surface area (Å²) in [6.07, 6.45) is 1.16. The highest BCUT2D eigenvalue weighted by atomic mass is 32.2. The number of hydrogen-bond acceptors (Lipinski definition) is 4. The van der Waals surface area contributed by atoms with Crippen molar-refractivity contribution < 1.29 is 13.2 Å². The van der Waals surface area contributed by atoms with E-state index >= 15 is 0 Å². The van der Waals surface area contributed by atoms with Crippen molar-refractivity contribution in [3.05, 3.63) is 29.8 Å². The second kappa shape index (κ2) is 8.63. The van der Waals surface area contributed by atoms with Gasteiger partial charge in [0.15, 0.2) is 5.96 Å². The van der Waals surface area contributed by atoms with Crippen molar-refractivity contribution in [2.45, 2.75) is 20.0 Å². The summed E-state index contributed by atoms with van der Waals surface area (Å²) in [7, 11) is -1.33. The maximum absolute atomic E-state index is 11.1. The van der Waals surface area contributed by atoms with Crippen molar-refractivity contribution in [1.82, 2.24) is 10.6 Å². The molecule has 0 radical (unpaired) electrons. The third kappa shape index (κ3) is 7.31. The largest absolute Gasteiger partial charge is 0.489 e. The summed E-state index contributed by atoms with van der Waals surface area (Å²) < 4.78 is 28.0. The van der Waals surface area contributed by atoms with Crippen LogP contribution in [-0.4, -0.2) is 52.6 Å². The summed E-state index contributed by atoms with van der Waals surface area (Å²) in [5.41, 5.74) is 1.09. The number of benzene rings is 1. The predicted octanol–water partition coefficient (Wildman–Crippen LogP) is 0.972. The first-order valence-corrected chi connectivity index (χ1v) is 9.22. The molecule has 0 saturated carbocycles. The van der Waals surface area contributed by atoms with Crippen LogP contribution >= 0.6 is 0 Å². The fourth-order valence-corrected chi connectivity index (χ4v) is 2.24. The van der Waals surface area contributed by atoms with Crippen LogP contribution in [0.25, 0.3) is 0 Å². The van der Waals surface area contributed by atoms with Crippen LogP contribution in [0.3, 0.4) is 0 Å². The lowest BCUT2D eigenvalue weighted by Gasteiger charge is -2.18. The summed E-state index contributed by atoms with van der Waals surface area (Å²) in [5, 5.41) is 6.07. The number of para-hydroxylation sites is 1. The summed E-state index contributed by atoms with van der Waals surface area (Å²) in [6.45, 7) is 4.85. The Morgan fingerprint density at radius 1 is 1.32 bits per heavy atom. The molecule has 0 fully saturated rings. The van der Waals surface area contributed by atoms with Crippen molar-refractivity contribution in [1.29, 1.82) is 0 Å². The van der Waals surface area contributed by atoms with Crippen LogP contribution in [0.2, 0.25) is 0 Å². The molecule has 0 aliphatic heterocycles. The summed E-state index contributed by atoms with van der Waals surface area (Å²) in [5.74, 6) is 1.49. The zero-order valence-electron chi connectivity index (χ0n) is 13.6. The minimum Gasteiger partial charge on any atom is -0.489 e. The Morgan fingerprint density at radius 3 is 2.59 bits per heavy atom. The van der Waals surface area contributed by atoms with Gasteiger partial charge in [-0.05, 0) is 25.5 Å². The molecule has 1 unspecified atom stereocenters. The van der Waals surface area contributed by atoms with Gasteiger partial charge < -0.3 is 15.4 Å². The minimum atomic E-state index is -2.97. The Morgan fingerprint density at radius 2 is 2.00 bits per heavy atom. The van der Waals surface area contributed by atoms with Crippen LogP contribution in [0.1, 0.15) is 12.5 Å². The van der Waals surface area contributed by atoms with E-state index in [0.29, 0.717) is 19.0 Å². The first kappa shape index (κ1) is 18.3. The van der Waals surface area contributed by atoms with Crippen LogP contribution in [-0.2, 0) is 9.84 Å². The Kier molecular flexibility index (Phi) is 7.17. The van der Waals surface area contributed by atoms with Crippen LogP contribution < -0.4 is 15.4 Å². The molecule has 0 saturated heterocycles. The number of hydrogen-bond donors (Lipinski definition) is 2. The van der Waals surface area contributed by atoms with Crippen LogP contribution in [0.5, 0.6) is 5.75 Å². The molecule has 1 aromatic carbocycles. The molecule has 6 nitrogen and oxygen atoms in total. The standard InChI is InChI=1S/C15H25N3O3S/c1-12-7-5-6-8-14(12)21-13(2)11-18-15(16-3)17-9-10-22(4,19)20/h5-8,13H,9-11H2,1-4H3,(H2,16,17,18). The number of aliphatic imine (C=N–C) groups is 1. The van der Waals surface area contributed by atoms with Crippen molar-refractivity contribution in [3.8, 4) is 5.75 Å². The van der Waals surface area contributed by atoms with E-state index in [9.17, 15) is 8.42 Å². The van der Waals surface area contributed by atoms with E-state index in [4.69, 9.17) is 4.74 Å². The van der Waals surface area contributed by atoms with Gasteiger partial charge in [0, 0.05) is 19.8 Å². The van der Waals surface area contributed by atoms with Gasteiger partial charge in [0.05, 0.1) is 12.3 Å². The first-order valence-electron chi connectivity index (χ1n) is 7.16.